The van der Waals surface area contributed by atoms with Gasteiger partial charge in [0, 0.05) is 6.54 Å². The summed E-state index contributed by atoms with van der Waals surface area (Å²) in [5.41, 5.74) is 0.446. The SMILES string of the molecule is CCn1c(Cl)nc2c(F)ccc(C)c2c1=O. The number of halogens is 2. The molecular weight excluding hydrogens is 231 g/mol. The van der Waals surface area contributed by atoms with Gasteiger partial charge >= 0.3 is 0 Å². The van der Waals surface area contributed by atoms with E-state index >= 15 is 0 Å². The molecule has 1 aromatic heterocycles. The molecule has 0 bridgehead atoms. The van der Waals surface area contributed by atoms with Gasteiger partial charge in [-0.2, -0.15) is 0 Å². The Labute approximate surface area is 96.5 Å². The summed E-state index contributed by atoms with van der Waals surface area (Å²) in [7, 11) is 0. The highest BCUT2D eigenvalue weighted by Gasteiger charge is 2.13. The number of hydrogen-bond acceptors (Lipinski definition) is 2. The van der Waals surface area contributed by atoms with Gasteiger partial charge in [-0.1, -0.05) is 6.07 Å². The van der Waals surface area contributed by atoms with Gasteiger partial charge in [-0.25, -0.2) is 9.37 Å². The molecule has 0 aliphatic carbocycles. The molecule has 0 atom stereocenters. The molecule has 0 N–H and O–H groups in total. The highest BCUT2D eigenvalue weighted by molar-refractivity contribution is 6.28. The number of fused-ring (bicyclic) bond motifs is 1. The number of benzene rings is 1. The van der Waals surface area contributed by atoms with Crippen LogP contribution in [0.2, 0.25) is 5.28 Å². The van der Waals surface area contributed by atoms with Gasteiger partial charge in [-0.3, -0.25) is 9.36 Å². The van der Waals surface area contributed by atoms with E-state index in [9.17, 15) is 9.18 Å². The molecule has 0 fully saturated rings. The van der Waals surface area contributed by atoms with E-state index in [2.05, 4.69) is 4.98 Å². The third-order valence-corrected chi connectivity index (χ3v) is 2.83. The van der Waals surface area contributed by atoms with E-state index in [1.54, 1.807) is 19.9 Å². The van der Waals surface area contributed by atoms with E-state index in [1.807, 2.05) is 0 Å². The Kier molecular flexibility index (Phi) is 2.68. The van der Waals surface area contributed by atoms with Gasteiger partial charge < -0.3 is 0 Å². The summed E-state index contributed by atoms with van der Waals surface area (Å²) in [5.74, 6) is -0.525. The van der Waals surface area contributed by atoms with Crippen LogP contribution in [0, 0.1) is 12.7 Å². The Morgan fingerprint density at radius 1 is 1.50 bits per heavy atom. The van der Waals surface area contributed by atoms with Gasteiger partial charge in [0.15, 0.2) is 0 Å². The lowest BCUT2D eigenvalue weighted by atomic mass is 10.1. The Hall–Kier alpha value is -1.42. The van der Waals surface area contributed by atoms with Gasteiger partial charge in [0.25, 0.3) is 5.56 Å². The first kappa shape index (κ1) is 11.1. The molecule has 3 nitrogen and oxygen atoms in total. The van der Waals surface area contributed by atoms with Crippen molar-refractivity contribution in [1.82, 2.24) is 9.55 Å². The molecule has 0 amide bonds. The van der Waals surface area contributed by atoms with Gasteiger partial charge in [0.2, 0.25) is 5.28 Å². The first-order valence-corrected chi connectivity index (χ1v) is 5.29. The molecule has 0 unspecified atom stereocenters. The number of aromatic nitrogens is 2. The summed E-state index contributed by atoms with van der Waals surface area (Å²) in [6, 6.07) is 2.85. The van der Waals surface area contributed by atoms with Crippen molar-refractivity contribution in [2.75, 3.05) is 0 Å². The molecule has 2 rings (SSSR count). The Bertz CT molecular complexity index is 621. The predicted molar refractivity (Wildman–Crippen MR) is 61.4 cm³/mol. The first-order chi connectivity index (χ1) is 7.56. The zero-order valence-corrected chi connectivity index (χ0v) is 9.68. The second kappa shape index (κ2) is 3.87. The maximum atomic E-state index is 13.5. The van der Waals surface area contributed by atoms with E-state index in [4.69, 9.17) is 11.6 Å². The number of rotatable bonds is 1. The average molecular weight is 241 g/mol. The lowest BCUT2D eigenvalue weighted by molar-refractivity contribution is 0.633. The fourth-order valence-electron chi connectivity index (χ4n) is 1.69. The molecule has 0 aliphatic heterocycles. The molecule has 0 saturated heterocycles. The lowest BCUT2D eigenvalue weighted by Crippen LogP contribution is -2.22. The summed E-state index contributed by atoms with van der Waals surface area (Å²) < 4.78 is 14.8. The van der Waals surface area contributed by atoms with Crippen molar-refractivity contribution in [3.05, 3.63) is 39.2 Å². The van der Waals surface area contributed by atoms with Crippen LogP contribution in [0.25, 0.3) is 10.9 Å². The Morgan fingerprint density at radius 3 is 2.81 bits per heavy atom. The van der Waals surface area contributed by atoms with E-state index < -0.39 is 5.82 Å². The average Bonchev–Trinajstić information content (AvgIpc) is 2.24. The van der Waals surface area contributed by atoms with Crippen LogP contribution >= 0.6 is 11.6 Å². The summed E-state index contributed by atoms with van der Waals surface area (Å²) in [5, 5.41) is 0.316. The highest BCUT2D eigenvalue weighted by Crippen LogP contribution is 2.18. The zero-order valence-electron chi connectivity index (χ0n) is 8.92. The van der Waals surface area contributed by atoms with Crippen LogP contribution in [0.15, 0.2) is 16.9 Å². The smallest absolute Gasteiger partial charge is 0.262 e. The highest BCUT2D eigenvalue weighted by atomic mass is 35.5. The third kappa shape index (κ3) is 1.50. The minimum atomic E-state index is -0.525. The van der Waals surface area contributed by atoms with Crippen LogP contribution < -0.4 is 5.56 Å². The zero-order chi connectivity index (χ0) is 11.9. The topological polar surface area (TPSA) is 34.9 Å². The number of aryl methyl sites for hydroxylation is 1. The van der Waals surface area contributed by atoms with Gasteiger partial charge in [-0.05, 0) is 37.1 Å². The lowest BCUT2D eigenvalue weighted by Gasteiger charge is -2.08. The summed E-state index contributed by atoms with van der Waals surface area (Å²) >= 11 is 5.82. The van der Waals surface area contributed by atoms with Gasteiger partial charge in [-0.15, -0.1) is 0 Å². The molecule has 0 radical (unpaired) electrons. The maximum absolute atomic E-state index is 13.5. The molecule has 16 heavy (non-hydrogen) atoms. The van der Waals surface area contributed by atoms with E-state index in [0.717, 1.165) is 0 Å². The normalized spacial score (nSPS) is 11.0. The summed E-state index contributed by atoms with van der Waals surface area (Å²) in [6.45, 7) is 3.95. The monoisotopic (exact) mass is 240 g/mol. The quantitative estimate of drug-likeness (QED) is 0.718. The van der Waals surface area contributed by atoms with Crippen LogP contribution in [0.5, 0.6) is 0 Å². The fraction of sp³-hybridized carbons (Fsp3) is 0.273. The number of hydrogen-bond donors (Lipinski definition) is 0. The van der Waals surface area contributed by atoms with E-state index in [-0.39, 0.29) is 16.4 Å². The minimum absolute atomic E-state index is 0.0181. The van der Waals surface area contributed by atoms with Crippen molar-refractivity contribution >= 4 is 22.5 Å². The molecule has 84 valence electrons. The molecule has 0 spiro atoms. The summed E-state index contributed by atoms with van der Waals surface area (Å²) in [6.07, 6.45) is 0. The van der Waals surface area contributed by atoms with Crippen molar-refractivity contribution in [2.45, 2.75) is 20.4 Å². The van der Waals surface area contributed by atoms with Gasteiger partial charge in [0.05, 0.1) is 5.39 Å². The predicted octanol–water partition coefficient (Wildman–Crippen LogP) is 2.52. The van der Waals surface area contributed by atoms with Gasteiger partial charge in [0.1, 0.15) is 11.3 Å². The third-order valence-electron chi connectivity index (χ3n) is 2.54. The minimum Gasteiger partial charge on any atom is -0.283 e. The number of nitrogens with zero attached hydrogens (tertiary/aromatic N) is 2. The Balaban J connectivity index is 3.05. The van der Waals surface area contributed by atoms with E-state index in [0.29, 0.717) is 17.5 Å². The first-order valence-electron chi connectivity index (χ1n) is 4.91. The fourth-order valence-corrected chi connectivity index (χ4v) is 1.97. The van der Waals surface area contributed by atoms with Crippen LogP contribution in [0.4, 0.5) is 4.39 Å². The summed E-state index contributed by atoms with van der Waals surface area (Å²) in [4.78, 5) is 15.9. The molecule has 2 aromatic rings. The van der Waals surface area contributed by atoms with Crippen LogP contribution in [-0.4, -0.2) is 9.55 Å². The molecule has 1 heterocycles. The molecule has 0 saturated carbocycles. The Morgan fingerprint density at radius 2 is 2.19 bits per heavy atom. The van der Waals surface area contributed by atoms with Crippen molar-refractivity contribution in [3.8, 4) is 0 Å². The van der Waals surface area contributed by atoms with E-state index in [1.165, 1.54) is 10.6 Å². The largest absolute Gasteiger partial charge is 0.283 e. The molecule has 0 aliphatic rings. The maximum Gasteiger partial charge on any atom is 0.262 e. The van der Waals surface area contributed by atoms with Crippen LogP contribution in [-0.2, 0) is 6.54 Å². The standard InChI is InChI=1S/C11H10ClFN2O/c1-3-15-10(16)8-6(2)4-5-7(13)9(8)14-11(15)12/h4-5H,3H2,1-2H3. The van der Waals surface area contributed by atoms with Crippen LogP contribution in [0.1, 0.15) is 12.5 Å². The van der Waals surface area contributed by atoms with Crippen molar-refractivity contribution in [2.24, 2.45) is 0 Å². The van der Waals surface area contributed by atoms with Crippen LogP contribution in [0.3, 0.4) is 0 Å². The molecular formula is C11H10ClFN2O. The molecule has 1 aromatic carbocycles. The van der Waals surface area contributed by atoms with Crippen molar-refractivity contribution in [1.29, 1.82) is 0 Å². The van der Waals surface area contributed by atoms with Crippen molar-refractivity contribution < 1.29 is 4.39 Å². The molecule has 5 heteroatoms. The van der Waals surface area contributed by atoms with Crippen molar-refractivity contribution in [3.63, 3.8) is 0 Å². The second-order valence-corrected chi connectivity index (χ2v) is 3.86. The second-order valence-electron chi connectivity index (χ2n) is 3.52.